The lowest BCUT2D eigenvalue weighted by molar-refractivity contribution is -0.384. The summed E-state index contributed by atoms with van der Waals surface area (Å²) in [6.07, 6.45) is 1.60. The van der Waals surface area contributed by atoms with Crippen molar-refractivity contribution < 1.29 is 19.2 Å². The van der Waals surface area contributed by atoms with Gasteiger partial charge in [-0.25, -0.2) is 4.79 Å². The molecule has 3 rings (SSSR count). The Kier molecular flexibility index (Phi) is 6.38. The van der Waals surface area contributed by atoms with E-state index in [0.29, 0.717) is 16.4 Å². The van der Waals surface area contributed by atoms with Gasteiger partial charge in [0.25, 0.3) is 11.6 Å². The largest absolute Gasteiger partial charge is 0.465 e. The first-order chi connectivity index (χ1) is 14.4. The number of aromatic nitrogens is 1. The summed E-state index contributed by atoms with van der Waals surface area (Å²) in [5.74, 6) is -1.33. The number of esters is 1. The highest BCUT2D eigenvalue weighted by atomic mass is 35.5. The van der Waals surface area contributed by atoms with Gasteiger partial charge in [-0.2, -0.15) is 0 Å². The second kappa shape index (κ2) is 9.15. The van der Waals surface area contributed by atoms with Crippen molar-refractivity contribution in [3.8, 4) is 0 Å². The van der Waals surface area contributed by atoms with Crippen LogP contribution in [-0.4, -0.2) is 28.9 Å². The number of carbonyl (C=O) groups excluding carboxylic acids is 2. The third-order valence-electron chi connectivity index (χ3n) is 4.23. The molecule has 0 fully saturated rings. The number of hydrogen-bond acceptors (Lipinski definition) is 6. The molecule has 152 valence electrons. The van der Waals surface area contributed by atoms with Gasteiger partial charge < -0.3 is 9.64 Å². The quantitative estimate of drug-likeness (QED) is 0.332. The average molecular weight is 426 g/mol. The smallest absolute Gasteiger partial charge is 0.338 e. The molecule has 8 nitrogen and oxygen atoms in total. The number of rotatable bonds is 6. The van der Waals surface area contributed by atoms with Crippen LogP contribution in [0.4, 0.5) is 11.4 Å². The molecule has 0 saturated heterocycles. The first kappa shape index (κ1) is 20.9. The van der Waals surface area contributed by atoms with E-state index in [2.05, 4.69) is 9.72 Å². The maximum absolute atomic E-state index is 13.4. The molecule has 1 heterocycles. The number of nitro benzene ring substituents is 1. The maximum Gasteiger partial charge on any atom is 0.338 e. The van der Waals surface area contributed by atoms with E-state index < -0.39 is 22.5 Å². The zero-order chi connectivity index (χ0) is 21.7. The number of benzene rings is 2. The molecule has 0 atom stereocenters. The van der Waals surface area contributed by atoms with E-state index in [1.165, 1.54) is 11.0 Å². The monoisotopic (exact) mass is 425 g/mol. The molecule has 0 spiro atoms. The average Bonchev–Trinajstić information content (AvgIpc) is 2.77. The van der Waals surface area contributed by atoms with Gasteiger partial charge in [-0.3, -0.25) is 19.9 Å². The second-order valence-corrected chi connectivity index (χ2v) is 6.64. The van der Waals surface area contributed by atoms with Crippen LogP contribution in [0.3, 0.4) is 0 Å². The minimum absolute atomic E-state index is 0.0320. The highest BCUT2D eigenvalue weighted by Crippen LogP contribution is 2.25. The van der Waals surface area contributed by atoms with Gasteiger partial charge in [0, 0.05) is 34.6 Å². The van der Waals surface area contributed by atoms with Gasteiger partial charge in [0.2, 0.25) is 0 Å². The number of ether oxygens (including phenoxy) is 1. The number of nitro groups is 1. The third kappa shape index (κ3) is 4.79. The SMILES string of the molecule is COC(=O)c1cc(C(=O)N(Cc2ccccn2)c2ccc(Cl)cc2)cc([N+](=O)[O-])c1. The zero-order valence-electron chi connectivity index (χ0n) is 15.8. The van der Waals surface area contributed by atoms with Crippen molar-refractivity contribution in [3.05, 3.63) is 98.8 Å². The first-order valence-electron chi connectivity index (χ1n) is 8.74. The highest BCUT2D eigenvalue weighted by Gasteiger charge is 2.23. The van der Waals surface area contributed by atoms with Crippen LogP contribution in [-0.2, 0) is 11.3 Å². The molecule has 0 bridgehead atoms. The minimum Gasteiger partial charge on any atom is -0.465 e. The molecule has 0 unspecified atom stereocenters. The maximum atomic E-state index is 13.4. The molecular formula is C21H16ClN3O5. The normalized spacial score (nSPS) is 10.3. The lowest BCUT2D eigenvalue weighted by atomic mass is 10.1. The molecule has 1 aromatic heterocycles. The molecule has 9 heteroatoms. The highest BCUT2D eigenvalue weighted by molar-refractivity contribution is 6.30. The van der Waals surface area contributed by atoms with E-state index in [1.807, 2.05) is 0 Å². The van der Waals surface area contributed by atoms with Crippen LogP contribution in [0, 0.1) is 10.1 Å². The number of methoxy groups -OCH3 is 1. The van der Waals surface area contributed by atoms with Crippen LogP contribution in [0.15, 0.2) is 66.9 Å². The van der Waals surface area contributed by atoms with Crippen LogP contribution in [0.2, 0.25) is 5.02 Å². The topological polar surface area (TPSA) is 103 Å². The van der Waals surface area contributed by atoms with E-state index in [-0.39, 0.29) is 17.7 Å². The predicted octanol–water partition coefficient (Wildman–Crippen LogP) is 4.28. The molecule has 0 aliphatic carbocycles. The fraction of sp³-hybridized carbons (Fsp3) is 0.0952. The molecule has 30 heavy (non-hydrogen) atoms. The van der Waals surface area contributed by atoms with Crippen LogP contribution >= 0.6 is 11.6 Å². The number of non-ortho nitro benzene ring substituents is 1. The van der Waals surface area contributed by atoms with Gasteiger partial charge in [0.1, 0.15) is 0 Å². The van der Waals surface area contributed by atoms with Crippen LogP contribution in [0.1, 0.15) is 26.4 Å². The van der Waals surface area contributed by atoms with Crippen molar-refractivity contribution in [3.63, 3.8) is 0 Å². The van der Waals surface area contributed by atoms with E-state index >= 15 is 0 Å². The number of amides is 1. The van der Waals surface area contributed by atoms with Crippen LogP contribution in [0.25, 0.3) is 0 Å². The summed E-state index contributed by atoms with van der Waals surface area (Å²) in [6.45, 7) is 0.109. The summed E-state index contributed by atoms with van der Waals surface area (Å²) in [5, 5.41) is 11.8. The molecule has 0 N–H and O–H groups in total. The number of anilines is 1. The van der Waals surface area contributed by atoms with E-state index in [1.54, 1.807) is 48.7 Å². The molecule has 0 aliphatic rings. The number of carbonyl (C=O) groups is 2. The molecular weight excluding hydrogens is 410 g/mol. The Morgan fingerprint density at radius 1 is 1.10 bits per heavy atom. The minimum atomic E-state index is -0.782. The molecule has 0 aliphatic heterocycles. The summed E-state index contributed by atoms with van der Waals surface area (Å²) >= 11 is 5.96. The molecule has 0 saturated carbocycles. The van der Waals surface area contributed by atoms with E-state index in [0.717, 1.165) is 19.2 Å². The lowest BCUT2D eigenvalue weighted by Gasteiger charge is -2.23. The van der Waals surface area contributed by atoms with Gasteiger partial charge in [-0.15, -0.1) is 0 Å². The van der Waals surface area contributed by atoms with Crippen molar-refractivity contribution in [2.24, 2.45) is 0 Å². The fourth-order valence-corrected chi connectivity index (χ4v) is 2.91. The Bertz CT molecular complexity index is 1090. The first-order valence-corrected chi connectivity index (χ1v) is 9.12. The van der Waals surface area contributed by atoms with Crippen LogP contribution in [0.5, 0.6) is 0 Å². The Morgan fingerprint density at radius 2 is 1.80 bits per heavy atom. The summed E-state index contributed by atoms with van der Waals surface area (Å²) < 4.78 is 4.65. The van der Waals surface area contributed by atoms with Crippen molar-refractivity contribution >= 4 is 34.9 Å². The lowest BCUT2D eigenvalue weighted by Crippen LogP contribution is -2.31. The van der Waals surface area contributed by atoms with Gasteiger partial charge in [0.05, 0.1) is 29.8 Å². The van der Waals surface area contributed by atoms with Gasteiger partial charge in [-0.1, -0.05) is 17.7 Å². The number of nitrogens with zero attached hydrogens (tertiary/aromatic N) is 3. The Labute approximate surface area is 176 Å². The van der Waals surface area contributed by atoms with E-state index in [9.17, 15) is 19.7 Å². The second-order valence-electron chi connectivity index (χ2n) is 6.21. The number of pyridine rings is 1. The molecule has 1 amide bonds. The van der Waals surface area contributed by atoms with Crippen LogP contribution < -0.4 is 4.90 Å². The Balaban J connectivity index is 2.07. The molecule has 2 aromatic carbocycles. The van der Waals surface area contributed by atoms with E-state index in [4.69, 9.17) is 11.6 Å². The third-order valence-corrected chi connectivity index (χ3v) is 4.48. The fourth-order valence-electron chi connectivity index (χ4n) is 2.79. The van der Waals surface area contributed by atoms with Gasteiger partial charge in [0.15, 0.2) is 0 Å². The summed E-state index contributed by atoms with van der Waals surface area (Å²) in [6, 6.07) is 15.3. The molecule has 0 radical (unpaired) electrons. The number of hydrogen-bond donors (Lipinski definition) is 0. The summed E-state index contributed by atoms with van der Waals surface area (Å²) in [5.41, 5.74) is 0.607. The van der Waals surface area contributed by atoms with Crippen molar-refractivity contribution in [2.75, 3.05) is 12.0 Å². The van der Waals surface area contributed by atoms with Gasteiger partial charge >= 0.3 is 5.97 Å². The standard InChI is InChI=1S/C21H16ClN3O5/c1-30-21(27)15-10-14(11-19(12-15)25(28)29)20(26)24(13-17-4-2-3-9-23-17)18-7-5-16(22)6-8-18/h2-12H,13H2,1H3. The van der Waals surface area contributed by atoms with Gasteiger partial charge in [-0.05, 0) is 42.5 Å². The zero-order valence-corrected chi connectivity index (χ0v) is 16.6. The Hall–Kier alpha value is -3.78. The number of halogens is 1. The predicted molar refractivity (Wildman–Crippen MR) is 111 cm³/mol. The Morgan fingerprint density at radius 3 is 2.40 bits per heavy atom. The summed E-state index contributed by atoms with van der Waals surface area (Å²) in [4.78, 5) is 41.6. The summed E-state index contributed by atoms with van der Waals surface area (Å²) in [7, 11) is 1.16. The van der Waals surface area contributed by atoms with Crippen molar-refractivity contribution in [1.82, 2.24) is 4.98 Å². The van der Waals surface area contributed by atoms with Crippen molar-refractivity contribution in [1.29, 1.82) is 0 Å². The van der Waals surface area contributed by atoms with Crippen molar-refractivity contribution in [2.45, 2.75) is 6.54 Å². The molecule has 3 aromatic rings.